The van der Waals surface area contributed by atoms with Crippen molar-refractivity contribution in [1.29, 1.82) is 0 Å². The highest BCUT2D eigenvalue weighted by Gasteiger charge is 2.17. The first-order valence-corrected chi connectivity index (χ1v) is 25.9. The largest absolute Gasteiger partial charge is 0.545 e. The van der Waals surface area contributed by atoms with Crippen molar-refractivity contribution in [3.8, 4) is 0 Å². The standard InChI is InChI=1S/2C19H42N.C14H10O6S/c2*1-5-6-7-8-9-10-11-12-13-14-15-16-17-18-19-20(2,3)4;15-13(16)9-1-5-11(6-2-9)21(19,20)12-7-3-10(4-8-12)14(17)18/h2*5-19H2,1-4H3;1-8H,(H,15,16)(H,17,18)/q2*+1;/p-2. The third kappa shape index (κ3) is 34.4. The molecule has 0 aliphatic carbocycles. The Hall–Kier alpha value is -2.75. The second kappa shape index (κ2) is 35.7. The highest BCUT2D eigenvalue weighted by atomic mass is 32.2. The van der Waals surface area contributed by atoms with Crippen LogP contribution in [0.25, 0.3) is 0 Å². The van der Waals surface area contributed by atoms with Crippen LogP contribution in [0.5, 0.6) is 0 Å². The Kier molecular flexibility index (Phi) is 34.1. The van der Waals surface area contributed by atoms with E-state index in [9.17, 15) is 28.2 Å². The van der Waals surface area contributed by atoms with E-state index in [1.807, 2.05) is 0 Å². The summed E-state index contributed by atoms with van der Waals surface area (Å²) in [4.78, 5) is 21.0. The van der Waals surface area contributed by atoms with E-state index in [1.54, 1.807) is 0 Å². The Balaban J connectivity index is 0.000000886. The summed E-state index contributed by atoms with van der Waals surface area (Å²) in [7, 11) is 9.91. The summed E-state index contributed by atoms with van der Waals surface area (Å²) in [5, 5.41) is 21.2. The van der Waals surface area contributed by atoms with Crippen molar-refractivity contribution >= 4 is 21.8 Å². The average Bonchev–Trinajstić information content (AvgIpc) is 3.21. The number of carbonyl (C=O) groups is 2. The normalized spacial score (nSPS) is 11.7. The third-order valence-electron chi connectivity index (χ3n) is 11.2. The number of carboxylic acid groups (broad SMARTS) is 2. The monoisotopic (exact) mass is 873 g/mol. The summed E-state index contributed by atoms with van der Waals surface area (Å²) in [6.45, 7) is 7.25. The highest BCUT2D eigenvalue weighted by molar-refractivity contribution is 7.91. The van der Waals surface area contributed by atoms with Crippen LogP contribution < -0.4 is 10.2 Å². The minimum atomic E-state index is -3.85. The van der Waals surface area contributed by atoms with E-state index >= 15 is 0 Å². The maximum absolute atomic E-state index is 12.3. The number of quaternary nitrogens is 2. The van der Waals surface area contributed by atoms with Crippen LogP contribution in [0.15, 0.2) is 58.3 Å². The molecule has 0 amide bonds. The molecule has 0 aliphatic heterocycles. The fraction of sp³-hybridized carbons (Fsp3) is 0.731. The van der Waals surface area contributed by atoms with E-state index in [0.29, 0.717) is 0 Å². The molecule has 0 aliphatic rings. The first-order chi connectivity index (χ1) is 28.9. The lowest BCUT2D eigenvalue weighted by molar-refractivity contribution is -0.870. The average molecular weight is 873 g/mol. The van der Waals surface area contributed by atoms with Crippen LogP contribution in [0, 0.1) is 0 Å². The number of carbonyl (C=O) groups excluding carboxylic acids is 2. The Morgan fingerprint density at radius 2 is 0.574 bits per heavy atom. The van der Waals surface area contributed by atoms with Crippen LogP contribution in [0.4, 0.5) is 0 Å². The number of nitrogens with zero attached hydrogens (tertiary/aromatic N) is 2. The molecule has 352 valence electrons. The van der Waals surface area contributed by atoms with E-state index < -0.39 is 21.8 Å². The van der Waals surface area contributed by atoms with E-state index in [-0.39, 0.29) is 20.9 Å². The zero-order chi connectivity index (χ0) is 45.8. The van der Waals surface area contributed by atoms with Gasteiger partial charge in [0.15, 0.2) is 0 Å². The lowest BCUT2D eigenvalue weighted by atomic mass is 10.0. The van der Waals surface area contributed by atoms with Gasteiger partial charge in [0, 0.05) is 0 Å². The van der Waals surface area contributed by atoms with Crippen LogP contribution in [0.3, 0.4) is 0 Å². The first-order valence-electron chi connectivity index (χ1n) is 24.4. The SMILES string of the molecule is CCCCCCCCCCCCCCCC[N+](C)(C)C.CCCCCCCCCCCCCCCC[N+](C)(C)C.O=C([O-])c1ccc(S(=O)(=O)c2ccc(C(=O)[O-])cc2)cc1. The van der Waals surface area contributed by atoms with Gasteiger partial charge in [-0.2, -0.15) is 0 Å². The number of sulfone groups is 1. The van der Waals surface area contributed by atoms with Crippen LogP contribution >= 0.6 is 0 Å². The number of carboxylic acids is 2. The van der Waals surface area contributed by atoms with Crippen molar-refractivity contribution in [2.45, 2.75) is 203 Å². The van der Waals surface area contributed by atoms with Crippen molar-refractivity contribution < 1.29 is 37.2 Å². The van der Waals surface area contributed by atoms with Gasteiger partial charge in [0.25, 0.3) is 0 Å². The van der Waals surface area contributed by atoms with Gasteiger partial charge in [-0.3, -0.25) is 0 Å². The molecule has 0 N–H and O–H groups in total. The number of aromatic carboxylic acids is 2. The summed E-state index contributed by atoms with van der Waals surface area (Å²) < 4.78 is 26.8. The van der Waals surface area contributed by atoms with Crippen molar-refractivity contribution in [2.24, 2.45) is 0 Å². The lowest BCUT2D eigenvalue weighted by Crippen LogP contribution is -2.35. The Bertz CT molecular complexity index is 1360. The van der Waals surface area contributed by atoms with Crippen molar-refractivity contribution in [2.75, 3.05) is 55.4 Å². The molecular formula is C52H92N2O6S. The molecule has 0 fully saturated rings. The summed E-state index contributed by atoms with van der Waals surface area (Å²) in [6.07, 6.45) is 40.7. The summed E-state index contributed by atoms with van der Waals surface area (Å²) >= 11 is 0. The lowest BCUT2D eigenvalue weighted by Gasteiger charge is -2.23. The zero-order valence-electron chi connectivity index (χ0n) is 40.6. The summed E-state index contributed by atoms with van der Waals surface area (Å²) in [6, 6.07) is 9.07. The Morgan fingerprint density at radius 1 is 0.377 bits per heavy atom. The molecule has 0 unspecified atom stereocenters. The predicted molar refractivity (Wildman–Crippen MR) is 253 cm³/mol. The fourth-order valence-electron chi connectivity index (χ4n) is 7.24. The molecule has 2 aromatic rings. The molecule has 2 aromatic carbocycles. The molecule has 0 spiro atoms. The van der Waals surface area contributed by atoms with Crippen molar-refractivity contribution in [3.63, 3.8) is 0 Å². The van der Waals surface area contributed by atoms with Gasteiger partial charge >= 0.3 is 0 Å². The molecule has 0 heterocycles. The minimum Gasteiger partial charge on any atom is -0.545 e. The fourth-order valence-corrected chi connectivity index (χ4v) is 8.50. The quantitative estimate of drug-likeness (QED) is 0.0511. The highest BCUT2D eigenvalue weighted by Crippen LogP contribution is 2.22. The van der Waals surface area contributed by atoms with E-state index in [1.165, 1.54) is 193 Å². The van der Waals surface area contributed by atoms with E-state index in [0.717, 1.165) is 57.5 Å². The number of benzene rings is 2. The maximum Gasteiger partial charge on any atom is 0.206 e. The van der Waals surface area contributed by atoms with Crippen LogP contribution in [0.2, 0.25) is 0 Å². The van der Waals surface area contributed by atoms with Gasteiger partial charge in [-0.05, 0) is 61.1 Å². The molecule has 0 saturated carbocycles. The molecule has 0 bridgehead atoms. The third-order valence-corrected chi connectivity index (χ3v) is 13.0. The van der Waals surface area contributed by atoms with Gasteiger partial charge in [-0.15, -0.1) is 0 Å². The number of hydrogen-bond acceptors (Lipinski definition) is 6. The first kappa shape index (κ1) is 58.2. The summed E-state index contributed by atoms with van der Waals surface area (Å²) in [5.41, 5.74) is -0.275. The maximum atomic E-state index is 12.3. The van der Waals surface area contributed by atoms with Crippen molar-refractivity contribution in [1.82, 2.24) is 0 Å². The number of hydrogen-bond donors (Lipinski definition) is 0. The van der Waals surface area contributed by atoms with Gasteiger partial charge < -0.3 is 28.8 Å². The smallest absolute Gasteiger partial charge is 0.206 e. The molecule has 61 heavy (non-hydrogen) atoms. The van der Waals surface area contributed by atoms with Gasteiger partial charge in [0.2, 0.25) is 9.84 Å². The second-order valence-electron chi connectivity index (χ2n) is 19.3. The topological polar surface area (TPSA) is 114 Å². The molecule has 0 atom stereocenters. The number of rotatable bonds is 34. The second-order valence-corrected chi connectivity index (χ2v) is 21.3. The van der Waals surface area contributed by atoms with Gasteiger partial charge in [-0.1, -0.05) is 192 Å². The van der Waals surface area contributed by atoms with Gasteiger partial charge in [0.05, 0.1) is 77.1 Å². The van der Waals surface area contributed by atoms with Crippen LogP contribution in [-0.2, 0) is 9.84 Å². The predicted octanol–water partition coefficient (Wildman–Crippen LogP) is 11.6. The van der Waals surface area contributed by atoms with Crippen molar-refractivity contribution in [3.05, 3.63) is 59.7 Å². The summed E-state index contributed by atoms with van der Waals surface area (Å²) in [5.74, 6) is -2.81. The molecule has 2 rings (SSSR count). The molecule has 8 nitrogen and oxygen atoms in total. The van der Waals surface area contributed by atoms with Crippen LogP contribution in [-0.4, -0.2) is 84.7 Å². The Morgan fingerprint density at radius 3 is 0.754 bits per heavy atom. The molecule has 9 heteroatoms. The zero-order valence-corrected chi connectivity index (χ0v) is 41.4. The van der Waals surface area contributed by atoms with Gasteiger partial charge in [-0.25, -0.2) is 8.42 Å². The molecular weight excluding hydrogens is 781 g/mol. The molecule has 0 aromatic heterocycles. The van der Waals surface area contributed by atoms with E-state index in [2.05, 4.69) is 56.1 Å². The Labute approximate surface area is 376 Å². The van der Waals surface area contributed by atoms with Gasteiger partial charge in [0.1, 0.15) is 0 Å². The van der Waals surface area contributed by atoms with E-state index in [4.69, 9.17) is 0 Å². The molecule has 0 saturated heterocycles. The molecule has 0 radical (unpaired) electrons. The van der Waals surface area contributed by atoms with Crippen LogP contribution in [0.1, 0.15) is 214 Å². The minimum absolute atomic E-state index is 0.103. The number of unbranched alkanes of at least 4 members (excludes halogenated alkanes) is 26.